The summed E-state index contributed by atoms with van der Waals surface area (Å²) >= 11 is 0. The Kier molecular flexibility index (Phi) is 4.29. The minimum absolute atomic E-state index is 0.116. The van der Waals surface area contributed by atoms with Crippen LogP contribution in [0.15, 0.2) is 36.4 Å². The predicted octanol–water partition coefficient (Wildman–Crippen LogP) is 2.70. The maximum atomic E-state index is 12.4. The third-order valence-corrected chi connectivity index (χ3v) is 4.53. The molecule has 1 amide bonds. The molecular weight excluding hydrogens is 276 g/mol. The van der Waals surface area contributed by atoms with E-state index in [0.29, 0.717) is 23.7 Å². The van der Waals surface area contributed by atoms with Crippen LogP contribution >= 0.6 is 0 Å². The fraction of sp³-hybridized carbons (Fsp3) is 0.389. The molecule has 116 valence electrons. The van der Waals surface area contributed by atoms with Crippen LogP contribution in [-0.2, 0) is 0 Å². The SMILES string of the molecule is Nc1cc2ccccc2cc1C(=O)NCC1CCC(O)CC1. The van der Waals surface area contributed by atoms with Crippen molar-refractivity contribution in [1.29, 1.82) is 0 Å². The summed E-state index contributed by atoms with van der Waals surface area (Å²) in [6.45, 7) is 0.651. The van der Waals surface area contributed by atoms with Crippen molar-refractivity contribution in [3.8, 4) is 0 Å². The smallest absolute Gasteiger partial charge is 0.253 e. The molecule has 0 unspecified atom stereocenters. The van der Waals surface area contributed by atoms with E-state index in [2.05, 4.69) is 5.32 Å². The quantitative estimate of drug-likeness (QED) is 0.763. The fourth-order valence-corrected chi connectivity index (χ4v) is 3.14. The number of amides is 1. The number of nitrogens with two attached hydrogens (primary N) is 1. The number of aliphatic hydroxyl groups is 1. The Balaban J connectivity index is 1.68. The summed E-state index contributed by atoms with van der Waals surface area (Å²) < 4.78 is 0. The molecule has 0 bridgehead atoms. The Morgan fingerprint density at radius 1 is 1.14 bits per heavy atom. The average Bonchev–Trinajstić information content (AvgIpc) is 2.53. The Hall–Kier alpha value is -2.07. The summed E-state index contributed by atoms with van der Waals surface area (Å²) in [5, 5.41) is 14.6. The first-order valence-electron chi connectivity index (χ1n) is 7.88. The molecule has 2 aromatic rings. The van der Waals surface area contributed by atoms with Gasteiger partial charge in [0.2, 0.25) is 0 Å². The van der Waals surface area contributed by atoms with Crippen molar-refractivity contribution >= 4 is 22.4 Å². The molecule has 0 saturated heterocycles. The lowest BCUT2D eigenvalue weighted by atomic mass is 9.87. The number of nitrogens with one attached hydrogen (secondary N) is 1. The second-order valence-corrected chi connectivity index (χ2v) is 6.17. The lowest BCUT2D eigenvalue weighted by Gasteiger charge is -2.25. The standard InChI is InChI=1S/C18H22N2O2/c19-17-10-14-4-2-1-3-13(14)9-16(17)18(22)20-11-12-5-7-15(21)8-6-12/h1-4,9-10,12,15,21H,5-8,11,19H2,(H,20,22). The van der Waals surface area contributed by atoms with E-state index in [0.717, 1.165) is 36.5 Å². The Labute approximate surface area is 130 Å². The number of anilines is 1. The van der Waals surface area contributed by atoms with Crippen LogP contribution in [0.3, 0.4) is 0 Å². The highest BCUT2D eigenvalue weighted by atomic mass is 16.3. The van der Waals surface area contributed by atoms with E-state index in [4.69, 9.17) is 5.73 Å². The van der Waals surface area contributed by atoms with Crippen molar-refractivity contribution in [2.45, 2.75) is 31.8 Å². The van der Waals surface area contributed by atoms with Crippen LogP contribution in [0.4, 0.5) is 5.69 Å². The van der Waals surface area contributed by atoms with Gasteiger partial charge in [-0.2, -0.15) is 0 Å². The Bertz CT molecular complexity index is 676. The molecule has 2 aromatic carbocycles. The van der Waals surface area contributed by atoms with E-state index < -0.39 is 0 Å². The van der Waals surface area contributed by atoms with Gasteiger partial charge in [0.25, 0.3) is 5.91 Å². The lowest BCUT2D eigenvalue weighted by Crippen LogP contribution is -2.32. The van der Waals surface area contributed by atoms with Gasteiger partial charge < -0.3 is 16.2 Å². The van der Waals surface area contributed by atoms with Gasteiger partial charge in [-0.3, -0.25) is 4.79 Å². The second-order valence-electron chi connectivity index (χ2n) is 6.17. The molecule has 4 N–H and O–H groups in total. The zero-order valence-electron chi connectivity index (χ0n) is 12.6. The van der Waals surface area contributed by atoms with Crippen LogP contribution in [0.25, 0.3) is 10.8 Å². The van der Waals surface area contributed by atoms with Gasteiger partial charge in [0.05, 0.1) is 11.7 Å². The largest absolute Gasteiger partial charge is 0.398 e. The molecule has 3 rings (SSSR count). The van der Waals surface area contributed by atoms with Crippen molar-refractivity contribution in [2.75, 3.05) is 12.3 Å². The first-order valence-corrected chi connectivity index (χ1v) is 7.88. The van der Waals surface area contributed by atoms with Gasteiger partial charge in [-0.05, 0) is 54.5 Å². The van der Waals surface area contributed by atoms with Crippen molar-refractivity contribution < 1.29 is 9.90 Å². The van der Waals surface area contributed by atoms with Gasteiger partial charge in [-0.1, -0.05) is 24.3 Å². The minimum atomic E-state index is -0.164. The van der Waals surface area contributed by atoms with Crippen LogP contribution in [0, 0.1) is 5.92 Å². The van der Waals surface area contributed by atoms with Gasteiger partial charge in [0, 0.05) is 12.2 Å². The van der Waals surface area contributed by atoms with Crippen LogP contribution in [-0.4, -0.2) is 23.7 Å². The van der Waals surface area contributed by atoms with Crippen LogP contribution < -0.4 is 11.1 Å². The summed E-state index contributed by atoms with van der Waals surface area (Å²) in [7, 11) is 0. The fourth-order valence-electron chi connectivity index (χ4n) is 3.14. The number of benzene rings is 2. The number of nitrogen functional groups attached to an aromatic ring is 1. The molecule has 0 spiro atoms. The molecule has 1 fully saturated rings. The first kappa shape index (κ1) is 14.9. The van der Waals surface area contributed by atoms with Crippen LogP contribution in [0.1, 0.15) is 36.0 Å². The molecule has 22 heavy (non-hydrogen) atoms. The number of hydrogen-bond acceptors (Lipinski definition) is 3. The normalized spacial score (nSPS) is 21.7. The highest BCUT2D eigenvalue weighted by Gasteiger charge is 2.20. The number of fused-ring (bicyclic) bond motifs is 1. The van der Waals surface area contributed by atoms with E-state index >= 15 is 0 Å². The molecular formula is C18H22N2O2. The molecule has 4 nitrogen and oxygen atoms in total. The number of rotatable bonds is 3. The highest BCUT2D eigenvalue weighted by molar-refractivity contribution is 6.03. The van der Waals surface area contributed by atoms with Crippen molar-refractivity contribution in [1.82, 2.24) is 5.32 Å². The summed E-state index contributed by atoms with van der Waals surface area (Å²) in [5.41, 5.74) is 7.07. The number of aliphatic hydroxyl groups excluding tert-OH is 1. The maximum Gasteiger partial charge on any atom is 0.253 e. The van der Waals surface area contributed by atoms with E-state index in [1.807, 2.05) is 36.4 Å². The van der Waals surface area contributed by atoms with E-state index in [-0.39, 0.29) is 12.0 Å². The van der Waals surface area contributed by atoms with Gasteiger partial charge >= 0.3 is 0 Å². The topological polar surface area (TPSA) is 75.4 Å². The molecule has 0 aliphatic heterocycles. The van der Waals surface area contributed by atoms with Crippen molar-refractivity contribution in [3.05, 3.63) is 42.0 Å². The summed E-state index contributed by atoms with van der Waals surface area (Å²) in [6, 6.07) is 11.6. The zero-order valence-corrected chi connectivity index (χ0v) is 12.6. The van der Waals surface area contributed by atoms with Crippen molar-refractivity contribution in [2.24, 2.45) is 5.92 Å². The monoisotopic (exact) mass is 298 g/mol. The molecule has 1 aliphatic carbocycles. The van der Waals surface area contributed by atoms with E-state index in [9.17, 15) is 9.90 Å². The number of hydrogen-bond donors (Lipinski definition) is 3. The van der Waals surface area contributed by atoms with Gasteiger partial charge in [-0.15, -0.1) is 0 Å². The van der Waals surface area contributed by atoms with E-state index in [1.54, 1.807) is 0 Å². The van der Waals surface area contributed by atoms with Crippen LogP contribution in [0.5, 0.6) is 0 Å². The predicted molar refractivity (Wildman–Crippen MR) is 88.7 cm³/mol. The first-order chi connectivity index (χ1) is 10.6. The molecule has 0 aromatic heterocycles. The maximum absolute atomic E-state index is 12.4. The Morgan fingerprint density at radius 3 is 2.45 bits per heavy atom. The van der Waals surface area contributed by atoms with E-state index in [1.165, 1.54) is 0 Å². The van der Waals surface area contributed by atoms with Crippen molar-refractivity contribution in [3.63, 3.8) is 0 Å². The zero-order chi connectivity index (χ0) is 15.5. The van der Waals surface area contributed by atoms with Gasteiger partial charge in [-0.25, -0.2) is 0 Å². The third-order valence-electron chi connectivity index (χ3n) is 4.53. The summed E-state index contributed by atoms with van der Waals surface area (Å²) in [4.78, 5) is 12.4. The van der Waals surface area contributed by atoms with Gasteiger partial charge in [0.1, 0.15) is 0 Å². The average molecular weight is 298 g/mol. The molecule has 1 aliphatic rings. The number of carbonyl (C=O) groups is 1. The third kappa shape index (κ3) is 3.22. The van der Waals surface area contributed by atoms with Gasteiger partial charge in [0.15, 0.2) is 0 Å². The Morgan fingerprint density at radius 2 is 1.77 bits per heavy atom. The second kappa shape index (κ2) is 6.36. The molecule has 0 atom stereocenters. The highest BCUT2D eigenvalue weighted by Crippen LogP contribution is 2.24. The number of carbonyl (C=O) groups excluding carboxylic acids is 1. The summed E-state index contributed by atoms with van der Waals surface area (Å²) in [5.74, 6) is 0.336. The molecule has 1 saturated carbocycles. The molecule has 0 radical (unpaired) electrons. The minimum Gasteiger partial charge on any atom is -0.398 e. The molecule has 4 heteroatoms. The van der Waals surface area contributed by atoms with Crippen LogP contribution in [0.2, 0.25) is 0 Å². The molecule has 0 heterocycles. The summed E-state index contributed by atoms with van der Waals surface area (Å²) in [6.07, 6.45) is 3.43. The lowest BCUT2D eigenvalue weighted by molar-refractivity contribution is 0.0911.